The van der Waals surface area contributed by atoms with Crippen molar-refractivity contribution in [1.82, 2.24) is 0 Å². The number of nitrogens with two attached hydrogens (primary N) is 1. The van der Waals surface area contributed by atoms with Crippen LogP contribution in [0.4, 0.5) is 0 Å². The van der Waals surface area contributed by atoms with Gasteiger partial charge in [0.2, 0.25) is 0 Å². The predicted octanol–water partition coefficient (Wildman–Crippen LogP) is 11.5. The summed E-state index contributed by atoms with van der Waals surface area (Å²) in [7, 11) is -4.70. The van der Waals surface area contributed by atoms with E-state index in [9.17, 15) is 23.8 Å². The number of carbonyl (C=O) groups is 3. The summed E-state index contributed by atoms with van der Waals surface area (Å²) >= 11 is 0. The molecule has 12 heteroatoms. The fraction of sp³-hybridized carbons (Fsp3) is 0.929. The minimum Gasteiger partial charge on any atom is -0.480 e. The summed E-state index contributed by atoms with van der Waals surface area (Å²) in [5, 5.41) is 8.88. The van der Waals surface area contributed by atoms with Crippen LogP contribution in [-0.4, -0.2) is 59.9 Å². The van der Waals surface area contributed by atoms with E-state index >= 15 is 0 Å². The number of phosphoric acid groups is 1. The lowest BCUT2D eigenvalue weighted by Gasteiger charge is -2.20. The number of phosphoric ester groups is 1. The van der Waals surface area contributed by atoms with E-state index < -0.39 is 51.1 Å². The Balaban J connectivity index is 4.23. The van der Waals surface area contributed by atoms with E-state index in [1.165, 1.54) is 141 Å². The van der Waals surface area contributed by atoms with Crippen molar-refractivity contribution in [3.05, 3.63) is 0 Å². The number of carbonyl (C=O) groups excluding carboxylic acids is 2. The van der Waals surface area contributed by atoms with Crippen molar-refractivity contribution >= 4 is 25.7 Å². The highest BCUT2D eigenvalue weighted by atomic mass is 31.2. The molecule has 54 heavy (non-hydrogen) atoms. The van der Waals surface area contributed by atoms with Gasteiger partial charge in [-0.1, -0.05) is 194 Å². The Kier molecular flexibility index (Phi) is 37.3. The average Bonchev–Trinajstić information content (AvgIpc) is 3.14. The molecule has 320 valence electrons. The minimum absolute atomic E-state index is 0.169. The van der Waals surface area contributed by atoms with Crippen LogP contribution in [0, 0.1) is 0 Å². The van der Waals surface area contributed by atoms with Crippen LogP contribution < -0.4 is 5.73 Å². The van der Waals surface area contributed by atoms with Crippen LogP contribution in [0.1, 0.15) is 219 Å². The maximum absolute atomic E-state index is 12.6. The lowest BCUT2D eigenvalue weighted by molar-refractivity contribution is -0.161. The van der Waals surface area contributed by atoms with Gasteiger partial charge >= 0.3 is 25.7 Å². The van der Waals surface area contributed by atoms with Gasteiger partial charge in [-0.05, 0) is 12.8 Å². The Morgan fingerprint density at radius 2 is 0.815 bits per heavy atom. The third-order valence-electron chi connectivity index (χ3n) is 9.86. The van der Waals surface area contributed by atoms with Crippen molar-refractivity contribution in [3.63, 3.8) is 0 Å². The fourth-order valence-corrected chi connectivity index (χ4v) is 7.14. The van der Waals surface area contributed by atoms with E-state index in [2.05, 4.69) is 18.4 Å². The lowest BCUT2D eigenvalue weighted by Crippen LogP contribution is -2.34. The number of hydrogen-bond donors (Lipinski definition) is 3. The van der Waals surface area contributed by atoms with Gasteiger partial charge in [-0.2, -0.15) is 0 Å². The number of esters is 2. The van der Waals surface area contributed by atoms with Crippen LogP contribution in [0.2, 0.25) is 0 Å². The molecular formula is C42H82NO10P. The Bertz CT molecular complexity index is 937. The second-order valence-corrected chi connectivity index (χ2v) is 16.7. The molecule has 0 bridgehead atoms. The zero-order chi connectivity index (χ0) is 40.0. The second-order valence-electron chi connectivity index (χ2n) is 15.2. The molecule has 11 nitrogen and oxygen atoms in total. The fourth-order valence-electron chi connectivity index (χ4n) is 6.36. The van der Waals surface area contributed by atoms with Gasteiger partial charge in [-0.15, -0.1) is 0 Å². The van der Waals surface area contributed by atoms with Crippen molar-refractivity contribution in [1.29, 1.82) is 0 Å². The molecule has 0 aliphatic carbocycles. The first-order chi connectivity index (χ1) is 26.1. The third kappa shape index (κ3) is 37.4. The van der Waals surface area contributed by atoms with Gasteiger partial charge in [-0.3, -0.25) is 23.4 Å². The highest BCUT2D eigenvalue weighted by Crippen LogP contribution is 2.43. The third-order valence-corrected chi connectivity index (χ3v) is 10.8. The molecule has 0 saturated heterocycles. The first-order valence-corrected chi connectivity index (χ1v) is 23.6. The molecule has 0 aromatic carbocycles. The van der Waals surface area contributed by atoms with Crippen molar-refractivity contribution < 1.29 is 47.5 Å². The monoisotopic (exact) mass is 792 g/mol. The van der Waals surface area contributed by atoms with Crippen LogP contribution >= 0.6 is 7.82 Å². The van der Waals surface area contributed by atoms with Gasteiger partial charge in [-0.25, -0.2) is 4.57 Å². The molecule has 0 aromatic heterocycles. The van der Waals surface area contributed by atoms with Crippen molar-refractivity contribution in [2.45, 2.75) is 231 Å². The molecule has 0 amide bonds. The first-order valence-electron chi connectivity index (χ1n) is 22.1. The Labute approximate surface area is 329 Å². The highest BCUT2D eigenvalue weighted by molar-refractivity contribution is 7.47. The zero-order valence-corrected chi connectivity index (χ0v) is 35.5. The number of ether oxygens (including phenoxy) is 2. The standard InChI is InChI=1S/C42H82NO10P/c1-3-5-7-9-11-13-15-16-17-18-19-20-21-22-23-24-26-28-30-32-34-41(45)53-38(36-51-54(48,49)52-37-39(43)42(46)47)35-50-40(44)33-31-29-27-25-14-12-10-8-6-4-2/h38-39H,3-37,43H2,1-2H3,(H,46,47)(H,48,49). The lowest BCUT2D eigenvalue weighted by atomic mass is 10.0. The molecule has 0 spiro atoms. The van der Waals surface area contributed by atoms with Gasteiger partial charge in [0.15, 0.2) is 6.10 Å². The van der Waals surface area contributed by atoms with Gasteiger partial charge in [0, 0.05) is 12.8 Å². The average molecular weight is 792 g/mol. The second kappa shape index (κ2) is 38.4. The summed E-state index contributed by atoms with van der Waals surface area (Å²) in [6, 6.07) is -1.52. The van der Waals surface area contributed by atoms with E-state index in [1.54, 1.807) is 0 Å². The van der Waals surface area contributed by atoms with Crippen molar-refractivity contribution in [2.75, 3.05) is 19.8 Å². The zero-order valence-electron chi connectivity index (χ0n) is 34.6. The smallest absolute Gasteiger partial charge is 0.472 e. The Morgan fingerprint density at radius 1 is 0.500 bits per heavy atom. The quantitative estimate of drug-likeness (QED) is 0.0305. The molecule has 0 aromatic rings. The Hall–Kier alpha value is -1.52. The molecule has 0 rings (SSSR count). The maximum atomic E-state index is 12.6. The van der Waals surface area contributed by atoms with Crippen LogP contribution in [-0.2, 0) is 37.5 Å². The summed E-state index contributed by atoms with van der Waals surface area (Å²) < 4.78 is 32.6. The number of aliphatic carboxylic acids is 1. The highest BCUT2D eigenvalue weighted by Gasteiger charge is 2.28. The summed E-state index contributed by atoms with van der Waals surface area (Å²) in [6.45, 7) is 2.82. The van der Waals surface area contributed by atoms with Crippen LogP contribution in [0.25, 0.3) is 0 Å². The van der Waals surface area contributed by atoms with Gasteiger partial charge in [0.05, 0.1) is 13.2 Å². The molecule has 0 aliphatic rings. The number of carboxylic acids is 1. The number of rotatable bonds is 42. The van der Waals surface area contributed by atoms with E-state index in [0.29, 0.717) is 12.8 Å². The molecule has 0 aliphatic heterocycles. The van der Waals surface area contributed by atoms with Gasteiger partial charge in [0.25, 0.3) is 0 Å². The topological polar surface area (TPSA) is 172 Å². The van der Waals surface area contributed by atoms with Crippen LogP contribution in [0.5, 0.6) is 0 Å². The predicted molar refractivity (Wildman–Crippen MR) is 217 cm³/mol. The summed E-state index contributed by atoms with van der Waals surface area (Å²) in [5.41, 5.74) is 5.33. The van der Waals surface area contributed by atoms with Gasteiger partial charge < -0.3 is 25.2 Å². The molecule has 4 N–H and O–H groups in total. The summed E-state index contributed by atoms with van der Waals surface area (Å²) in [6.07, 6.45) is 36.0. The van der Waals surface area contributed by atoms with E-state index in [1.807, 2.05) is 0 Å². The van der Waals surface area contributed by atoms with Crippen molar-refractivity contribution in [3.8, 4) is 0 Å². The first kappa shape index (κ1) is 52.5. The number of carboxylic acid groups (broad SMARTS) is 1. The van der Waals surface area contributed by atoms with Gasteiger partial charge in [0.1, 0.15) is 12.6 Å². The molecule has 0 radical (unpaired) electrons. The summed E-state index contributed by atoms with van der Waals surface area (Å²) in [4.78, 5) is 45.8. The number of hydrogen-bond acceptors (Lipinski definition) is 9. The molecule has 0 fully saturated rings. The SMILES string of the molecule is CCCCCCCCCCCCCCCCCCCCCCC(=O)OC(COC(=O)CCCCCCCCCCCC)COP(=O)(O)OCC(N)C(=O)O. The van der Waals surface area contributed by atoms with Crippen molar-refractivity contribution in [2.24, 2.45) is 5.73 Å². The number of unbranched alkanes of at least 4 members (excludes halogenated alkanes) is 28. The normalized spacial score (nSPS) is 13.7. The minimum atomic E-state index is -4.70. The maximum Gasteiger partial charge on any atom is 0.472 e. The molecule has 0 heterocycles. The van der Waals surface area contributed by atoms with E-state index in [0.717, 1.165) is 38.5 Å². The molecule has 3 unspecified atom stereocenters. The van der Waals surface area contributed by atoms with E-state index in [4.69, 9.17) is 24.8 Å². The summed E-state index contributed by atoms with van der Waals surface area (Å²) in [5.74, 6) is -2.36. The van der Waals surface area contributed by atoms with Crippen LogP contribution in [0.15, 0.2) is 0 Å². The van der Waals surface area contributed by atoms with Crippen LogP contribution in [0.3, 0.4) is 0 Å². The molecular weight excluding hydrogens is 709 g/mol. The molecule has 0 saturated carbocycles. The van der Waals surface area contributed by atoms with E-state index in [-0.39, 0.29) is 19.4 Å². The largest absolute Gasteiger partial charge is 0.480 e. The molecule has 3 atom stereocenters. The Morgan fingerprint density at radius 3 is 1.17 bits per heavy atom.